The summed E-state index contributed by atoms with van der Waals surface area (Å²) in [6.07, 6.45) is 5.87. The highest BCUT2D eigenvalue weighted by Crippen LogP contribution is 2.58. The number of rotatable bonds is 3. The number of allylic oxidation sites excluding steroid dienone is 3. The van der Waals surface area contributed by atoms with E-state index in [4.69, 9.17) is 0 Å². The summed E-state index contributed by atoms with van der Waals surface area (Å²) in [5.74, 6) is -0.717. The summed E-state index contributed by atoms with van der Waals surface area (Å²) in [5, 5.41) is 0. The number of aromatic nitrogens is 1. The maximum atomic E-state index is 13.4. The van der Waals surface area contributed by atoms with Gasteiger partial charge in [-0.2, -0.15) is 0 Å². The van der Waals surface area contributed by atoms with Crippen molar-refractivity contribution in [3.8, 4) is 0 Å². The van der Waals surface area contributed by atoms with Crippen LogP contribution in [0.2, 0.25) is 0 Å². The monoisotopic (exact) mass is 404 g/mol. The van der Waals surface area contributed by atoms with Crippen molar-refractivity contribution in [2.45, 2.75) is 0 Å². The Hall–Kier alpha value is -3.79. The van der Waals surface area contributed by atoms with Gasteiger partial charge >= 0.3 is 0 Å². The topological polar surface area (TPSA) is 50.3 Å². The number of amides is 2. The van der Waals surface area contributed by atoms with E-state index < -0.39 is 0 Å². The Morgan fingerprint density at radius 2 is 1.19 bits per heavy atom. The van der Waals surface area contributed by atoms with Gasteiger partial charge in [0.15, 0.2) is 0 Å². The number of hydrogen-bond acceptors (Lipinski definition) is 3. The molecule has 2 bridgehead atoms. The number of benzene rings is 2. The number of fused-ring (bicyclic) bond motifs is 5. The molecular formula is C27H20N2O2. The van der Waals surface area contributed by atoms with E-state index in [2.05, 4.69) is 41.4 Å². The van der Waals surface area contributed by atoms with Crippen molar-refractivity contribution in [2.24, 2.45) is 23.7 Å². The van der Waals surface area contributed by atoms with Gasteiger partial charge in [0.05, 0.1) is 11.8 Å². The minimum absolute atomic E-state index is 0.0735. The molecule has 2 aromatic carbocycles. The molecule has 6 rings (SSSR count). The van der Waals surface area contributed by atoms with Gasteiger partial charge in [-0.3, -0.25) is 9.59 Å². The fourth-order valence-electron chi connectivity index (χ4n) is 5.52. The first-order valence-corrected chi connectivity index (χ1v) is 10.6. The average Bonchev–Trinajstić information content (AvgIpc) is 3.45. The van der Waals surface area contributed by atoms with Gasteiger partial charge in [-0.15, -0.1) is 0 Å². The molecule has 0 unspecified atom stereocenters. The standard InChI is InChI=1S/C27H20N2O2/c30-26-24-19-14-15-20(25(24)27(31)29(26)21-13-7-8-16-28-21)23(19)22(17-9-3-1-4-10-17)18-11-5-2-6-12-18/h1-16,19-20,24-25H/t19-,20-,24+,25+/m0/s1. The Morgan fingerprint density at radius 1 is 0.677 bits per heavy atom. The SMILES string of the molecule is O=C1[C@H]2[C@H](C(=O)N1c1ccccn1)[C@H]1C=C[C@H]2C1=C(c1ccccc1)c1ccccc1. The summed E-state index contributed by atoms with van der Waals surface area (Å²) >= 11 is 0. The summed E-state index contributed by atoms with van der Waals surface area (Å²) < 4.78 is 0. The normalized spacial score (nSPS) is 25.9. The first-order valence-electron chi connectivity index (χ1n) is 10.6. The number of pyridine rings is 1. The van der Waals surface area contributed by atoms with Gasteiger partial charge in [0.2, 0.25) is 11.8 Å². The smallest absolute Gasteiger partial charge is 0.239 e. The van der Waals surface area contributed by atoms with Gasteiger partial charge < -0.3 is 0 Å². The fourth-order valence-corrected chi connectivity index (χ4v) is 5.52. The predicted octanol–water partition coefficient (Wildman–Crippen LogP) is 4.51. The van der Waals surface area contributed by atoms with E-state index in [1.54, 1.807) is 24.4 Å². The average molecular weight is 404 g/mol. The highest BCUT2D eigenvalue weighted by Gasteiger charge is 2.62. The Bertz CT molecular complexity index is 1160. The predicted molar refractivity (Wildman–Crippen MR) is 119 cm³/mol. The lowest BCUT2D eigenvalue weighted by molar-refractivity contribution is -0.123. The lowest BCUT2D eigenvalue weighted by atomic mass is 9.85. The zero-order valence-corrected chi connectivity index (χ0v) is 16.8. The molecule has 2 heterocycles. The van der Waals surface area contributed by atoms with Gasteiger partial charge in [0.25, 0.3) is 0 Å². The van der Waals surface area contributed by atoms with Crippen LogP contribution in [0.1, 0.15) is 11.1 Å². The molecule has 3 aliphatic rings. The van der Waals surface area contributed by atoms with Crippen molar-refractivity contribution in [1.82, 2.24) is 4.98 Å². The summed E-state index contributed by atoms with van der Waals surface area (Å²) in [4.78, 5) is 32.4. The van der Waals surface area contributed by atoms with Crippen LogP contribution in [-0.2, 0) is 9.59 Å². The van der Waals surface area contributed by atoms with Crippen molar-refractivity contribution >= 4 is 23.2 Å². The highest BCUT2D eigenvalue weighted by molar-refractivity contribution is 6.23. The molecule has 2 fully saturated rings. The molecular weight excluding hydrogens is 384 g/mol. The van der Waals surface area contributed by atoms with Crippen LogP contribution < -0.4 is 4.90 Å². The third kappa shape index (κ3) is 2.58. The molecule has 4 atom stereocenters. The molecule has 0 spiro atoms. The Kier molecular flexibility index (Phi) is 4.00. The summed E-state index contributed by atoms with van der Waals surface area (Å²) in [7, 11) is 0. The molecule has 3 aromatic rings. The van der Waals surface area contributed by atoms with Crippen molar-refractivity contribution in [2.75, 3.05) is 4.90 Å². The molecule has 4 heteroatoms. The second-order valence-electron chi connectivity index (χ2n) is 8.25. The van der Waals surface area contributed by atoms with Crippen LogP contribution in [-0.4, -0.2) is 16.8 Å². The summed E-state index contributed by atoms with van der Waals surface area (Å²) in [6, 6.07) is 25.9. The molecule has 31 heavy (non-hydrogen) atoms. The largest absolute Gasteiger partial charge is 0.274 e. The second kappa shape index (κ2) is 6.88. The van der Waals surface area contributed by atoms with Crippen LogP contribution in [0.15, 0.2) is 103 Å². The zero-order valence-electron chi connectivity index (χ0n) is 16.8. The van der Waals surface area contributed by atoms with Crippen molar-refractivity contribution < 1.29 is 9.59 Å². The van der Waals surface area contributed by atoms with E-state index in [9.17, 15) is 9.59 Å². The minimum Gasteiger partial charge on any atom is -0.274 e. The van der Waals surface area contributed by atoms with E-state index in [0.717, 1.165) is 16.7 Å². The van der Waals surface area contributed by atoms with E-state index in [1.807, 2.05) is 36.4 Å². The van der Waals surface area contributed by atoms with Crippen LogP contribution in [0.5, 0.6) is 0 Å². The highest BCUT2D eigenvalue weighted by atomic mass is 16.2. The first-order chi connectivity index (χ1) is 15.3. The number of carbonyl (C=O) groups is 2. The van der Waals surface area contributed by atoms with Gasteiger partial charge in [0.1, 0.15) is 5.82 Å². The lowest BCUT2D eigenvalue weighted by Crippen LogP contribution is -2.33. The van der Waals surface area contributed by atoms with E-state index >= 15 is 0 Å². The maximum Gasteiger partial charge on any atom is 0.239 e. The Balaban J connectivity index is 1.50. The van der Waals surface area contributed by atoms with Gasteiger partial charge in [-0.1, -0.05) is 78.9 Å². The lowest BCUT2D eigenvalue weighted by Gasteiger charge is -2.21. The van der Waals surface area contributed by atoms with Gasteiger partial charge in [0, 0.05) is 18.0 Å². The Morgan fingerprint density at radius 3 is 1.68 bits per heavy atom. The molecule has 1 saturated carbocycles. The van der Waals surface area contributed by atoms with Crippen LogP contribution >= 0.6 is 0 Å². The molecule has 2 amide bonds. The van der Waals surface area contributed by atoms with Crippen LogP contribution in [0.25, 0.3) is 5.57 Å². The minimum atomic E-state index is -0.359. The van der Waals surface area contributed by atoms with Gasteiger partial charge in [-0.05, 0) is 34.4 Å². The van der Waals surface area contributed by atoms with Crippen molar-refractivity contribution in [3.05, 3.63) is 114 Å². The third-order valence-corrected chi connectivity index (χ3v) is 6.71. The fraction of sp³-hybridized carbons (Fsp3) is 0.148. The van der Waals surface area contributed by atoms with E-state index in [0.29, 0.717) is 5.82 Å². The second-order valence-corrected chi connectivity index (χ2v) is 8.25. The number of anilines is 1. The molecule has 1 aromatic heterocycles. The van der Waals surface area contributed by atoms with Crippen LogP contribution in [0, 0.1) is 23.7 Å². The number of hydrogen-bond donors (Lipinski definition) is 0. The summed E-state index contributed by atoms with van der Waals surface area (Å²) in [6.45, 7) is 0. The zero-order chi connectivity index (χ0) is 20.9. The van der Waals surface area contributed by atoms with E-state index in [1.165, 1.54) is 10.5 Å². The van der Waals surface area contributed by atoms with Crippen LogP contribution in [0.4, 0.5) is 5.82 Å². The van der Waals surface area contributed by atoms with Crippen molar-refractivity contribution in [3.63, 3.8) is 0 Å². The van der Waals surface area contributed by atoms with Crippen LogP contribution in [0.3, 0.4) is 0 Å². The molecule has 1 aliphatic heterocycles. The van der Waals surface area contributed by atoms with Crippen molar-refractivity contribution in [1.29, 1.82) is 0 Å². The number of carbonyl (C=O) groups excluding carboxylic acids is 2. The molecule has 0 radical (unpaired) electrons. The first kappa shape index (κ1) is 18.0. The number of imide groups is 1. The van der Waals surface area contributed by atoms with Gasteiger partial charge in [-0.25, -0.2) is 9.88 Å². The van der Waals surface area contributed by atoms with E-state index in [-0.39, 0.29) is 35.5 Å². The Labute approximate surface area is 180 Å². The molecule has 0 N–H and O–H groups in total. The summed E-state index contributed by atoms with van der Waals surface area (Å²) in [5.41, 5.74) is 4.56. The number of nitrogens with zero attached hydrogens (tertiary/aromatic N) is 2. The maximum absolute atomic E-state index is 13.4. The quantitative estimate of drug-likeness (QED) is 0.477. The molecule has 4 nitrogen and oxygen atoms in total. The molecule has 150 valence electrons. The molecule has 2 aliphatic carbocycles. The molecule has 1 saturated heterocycles. The third-order valence-electron chi connectivity index (χ3n) is 6.71.